The Kier molecular flexibility index (Phi) is 7.25. The summed E-state index contributed by atoms with van der Waals surface area (Å²) in [6.07, 6.45) is 8.48. The maximum absolute atomic E-state index is 11.8. The topological polar surface area (TPSA) is 101 Å². The third-order valence-corrected chi connectivity index (χ3v) is 11.0. The van der Waals surface area contributed by atoms with E-state index in [1.807, 2.05) is 27.7 Å². The first-order valence-corrected chi connectivity index (χ1v) is 15.1. The van der Waals surface area contributed by atoms with E-state index in [-0.39, 0.29) is 47.9 Å². The van der Waals surface area contributed by atoms with E-state index in [0.717, 1.165) is 43.4 Å². The van der Waals surface area contributed by atoms with Crippen LogP contribution in [0.25, 0.3) is 0 Å². The Morgan fingerprint density at radius 2 is 1.61 bits per heavy atom. The smallest absolute Gasteiger partial charge is 0.309 e. The molecule has 2 aliphatic heterocycles. The van der Waals surface area contributed by atoms with Crippen molar-refractivity contribution < 1.29 is 38.1 Å². The summed E-state index contributed by atoms with van der Waals surface area (Å²) in [5.74, 6) is 3.58. The molecule has 0 aromatic carbocycles. The molecule has 14 unspecified atom stereocenters. The quantitative estimate of drug-likeness (QED) is 0.191. The zero-order valence-corrected chi connectivity index (χ0v) is 23.2. The van der Waals surface area contributed by atoms with Crippen molar-refractivity contribution in [2.45, 2.75) is 103 Å². The number of fused-ring (bicyclic) bond motifs is 8. The predicted octanol–water partition coefficient (Wildman–Crippen LogP) is 3.93. The molecule has 14 atom stereocenters. The number of carbonyl (C=O) groups excluding carboxylic acids is 3. The lowest BCUT2D eigenvalue weighted by Gasteiger charge is -2.32. The third-order valence-electron chi connectivity index (χ3n) is 11.0. The van der Waals surface area contributed by atoms with Crippen LogP contribution in [0, 0.1) is 53.3 Å². The molecule has 5 saturated carbocycles. The Morgan fingerprint density at radius 3 is 2.37 bits per heavy atom. The standard InChI is InChI=1S/C17H26O4.C13H18O4/c1-3-9(2)17(18)20-5-4-19-13-7-10-6-12(13)15-11(10)8-14-16(15)21-14;1-3-6(2)12(14)16-10-7-4-8-9(5-7)13(15)17-11(8)10/h9-16H,3-8H2,1-2H3;6-11H,3-5H2,1-2H3. The van der Waals surface area contributed by atoms with E-state index in [1.165, 1.54) is 19.3 Å². The Morgan fingerprint density at radius 1 is 0.868 bits per heavy atom. The summed E-state index contributed by atoms with van der Waals surface area (Å²) in [6, 6.07) is 0. The van der Waals surface area contributed by atoms with E-state index in [9.17, 15) is 14.4 Å². The third kappa shape index (κ3) is 4.57. The van der Waals surface area contributed by atoms with E-state index in [1.54, 1.807) is 0 Å². The van der Waals surface area contributed by atoms with Crippen LogP contribution in [0.3, 0.4) is 0 Å². The molecular weight excluding hydrogens is 488 g/mol. The summed E-state index contributed by atoms with van der Waals surface area (Å²) < 4.78 is 28.0. The van der Waals surface area contributed by atoms with Crippen LogP contribution in [0.4, 0.5) is 0 Å². The van der Waals surface area contributed by atoms with Gasteiger partial charge >= 0.3 is 17.9 Å². The maximum Gasteiger partial charge on any atom is 0.309 e. The average molecular weight is 533 g/mol. The van der Waals surface area contributed by atoms with Gasteiger partial charge in [-0.25, -0.2) is 0 Å². The molecule has 7 aliphatic rings. The van der Waals surface area contributed by atoms with Crippen LogP contribution in [-0.4, -0.2) is 61.6 Å². The van der Waals surface area contributed by atoms with Gasteiger partial charge in [0.1, 0.15) is 18.8 Å². The van der Waals surface area contributed by atoms with Gasteiger partial charge < -0.3 is 23.7 Å². The normalized spacial score (nSPS) is 45.5. The maximum atomic E-state index is 11.8. The largest absolute Gasteiger partial charge is 0.463 e. The van der Waals surface area contributed by atoms with Gasteiger partial charge in [0.15, 0.2) is 0 Å². The van der Waals surface area contributed by atoms with Crippen molar-refractivity contribution in [3.8, 4) is 0 Å². The van der Waals surface area contributed by atoms with Gasteiger partial charge in [-0.3, -0.25) is 14.4 Å². The monoisotopic (exact) mass is 532 g/mol. The number of hydrogen-bond donors (Lipinski definition) is 0. The highest BCUT2D eigenvalue weighted by atomic mass is 16.6. The van der Waals surface area contributed by atoms with E-state index in [0.29, 0.717) is 49.3 Å². The summed E-state index contributed by atoms with van der Waals surface area (Å²) in [4.78, 5) is 35.0. The van der Waals surface area contributed by atoms with Gasteiger partial charge in [0.05, 0.1) is 42.7 Å². The van der Waals surface area contributed by atoms with Crippen LogP contribution in [0.2, 0.25) is 0 Å². The molecule has 7 fully saturated rings. The molecule has 2 heterocycles. The molecule has 7 rings (SSSR count). The lowest BCUT2D eigenvalue weighted by molar-refractivity contribution is -0.165. The molecule has 0 aromatic heterocycles. The van der Waals surface area contributed by atoms with Gasteiger partial charge in [-0.1, -0.05) is 27.7 Å². The van der Waals surface area contributed by atoms with E-state index < -0.39 is 0 Å². The highest BCUT2D eigenvalue weighted by Crippen LogP contribution is 2.64. The Hall–Kier alpha value is -1.67. The molecule has 38 heavy (non-hydrogen) atoms. The molecule has 8 heteroatoms. The molecule has 8 nitrogen and oxygen atoms in total. The van der Waals surface area contributed by atoms with Crippen molar-refractivity contribution in [3.63, 3.8) is 0 Å². The van der Waals surface area contributed by atoms with Gasteiger partial charge in [0, 0.05) is 11.8 Å². The molecule has 0 aromatic rings. The Balaban J connectivity index is 0.000000142. The highest BCUT2D eigenvalue weighted by Gasteiger charge is 2.67. The second-order valence-electron chi connectivity index (χ2n) is 13.0. The van der Waals surface area contributed by atoms with Gasteiger partial charge in [0.25, 0.3) is 0 Å². The predicted molar refractivity (Wildman–Crippen MR) is 136 cm³/mol. The number of ether oxygens (including phenoxy) is 5. The summed E-state index contributed by atoms with van der Waals surface area (Å²) in [5, 5.41) is 0. The van der Waals surface area contributed by atoms with Gasteiger partial charge in [-0.15, -0.1) is 0 Å². The summed E-state index contributed by atoms with van der Waals surface area (Å²) in [5.41, 5.74) is 0. The van der Waals surface area contributed by atoms with Gasteiger partial charge in [-0.05, 0) is 68.6 Å². The van der Waals surface area contributed by atoms with E-state index in [2.05, 4.69) is 0 Å². The Bertz CT molecular complexity index is 935. The van der Waals surface area contributed by atoms with Crippen LogP contribution >= 0.6 is 0 Å². The van der Waals surface area contributed by atoms with Crippen LogP contribution < -0.4 is 0 Å². The fourth-order valence-corrected chi connectivity index (χ4v) is 8.57. The van der Waals surface area contributed by atoms with Crippen LogP contribution in [0.15, 0.2) is 0 Å². The van der Waals surface area contributed by atoms with Crippen molar-refractivity contribution in [2.24, 2.45) is 53.3 Å². The molecule has 0 radical (unpaired) electrons. The SMILES string of the molecule is CCC(C)C(=O)OC1C2CC3C(=O)OC1C3C2.CCC(C)C(=O)OCCOC1CC2CC1C1C2CC2OC21. The lowest BCUT2D eigenvalue weighted by atomic mass is 9.79. The minimum absolute atomic E-state index is 0.00399. The number of carbonyl (C=O) groups is 3. The Labute approximate surface area is 225 Å². The zero-order valence-electron chi connectivity index (χ0n) is 23.2. The number of epoxide rings is 1. The number of rotatable bonds is 9. The first-order valence-electron chi connectivity index (χ1n) is 15.1. The fourth-order valence-electron chi connectivity index (χ4n) is 8.57. The first kappa shape index (κ1) is 26.5. The highest BCUT2D eigenvalue weighted by molar-refractivity contribution is 5.77. The van der Waals surface area contributed by atoms with Gasteiger partial charge in [0.2, 0.25) is 0 Å². The molecule has 0 amide bonds. The molecule has 2 saturated heterocycles. The molecule has 0 N–H and O–H groups in total. The summed E-state index contributed by atoms with van der Waals surface area (Å²) >= 11 is 0. The van der Waals surface area contributed by atoms with Crippen molar-refractivity contribution in [2.75, 3.05) is 13.2 Å². The van der Waals surface area contributed by atoms with E-state index in [4.69, 9.17) is 23.7 Å². The molecular formula is C30H44O8. The van der Waals surface area contributed by atoms with E-state index >= 15 is 0 Å². The van der Waals surface area contributed by atoms with Crippen molar-refractivity contribution in [3.05, 3.63) is 0 Å². The fraction of sp³-hybridized carbons (Fsp3) is 0.900. The van der Waals surface area contributed by atoms with Crippen molar-refractivity contribution >= 4 is 17.9 Å². The van der Waals surface area contributed by atoms with Crippen molar-refractivity contribution in [1.82, 2.24) is 0 Å². The van der Waals surface area contributed by atoms with Crippen LogP contribution in [0.1, 0.15) is 72.6 Å². The molecule has 212 valence electrons. The van der Waals surface area contributed by atoms with Gasteiger partial charge in [-0.2, -0.15) is 0 Å². The first-order chi connectivity index (χ1) is 18.3. The molecule has 0 spiro atoms. The average Bonchev–Trinajstić information content (AvgIpc) is 3.46. The minimum Gasteiger partial charge on any atom is -0.463 e. The summed E-state index contributed by atoms with van der Waals surface area (Å²) in [7, 11) is 0. The molecule has 4 bridgehead atoms. The minimum atomic E-state index is -0.177. The van der Waals surface area contributed by atoms with Crippen LogP contribution in [-0.2, 0) is 38.1 Å². The van der Waals surface area contributed by atoms with Crippen LogP contribution in [0.5, 0.6) is 0 Å². The lowest BCUT2D eigenvalue weighted by Crippen LogP contribution is -2.37. The zero-order chi connectivity index (χ0) is 26.7. The molecule has 5 aliphatic carbocycles. The summed E-state index contributed by atoms with van der Waals surface area (Å²) in [6.45, 7) is 8.70. The number of esters is 3. The van der Waals surface area contributed by atoms with Crippen molar-refractivity contribution in [1.29, 1.82) is 0 Å². The number of hydrogen-bond acceptors (Lipinski definition) is 8. The second-order valence-corrected chi connectivity index (χ2v) is 13.0. The second kappa shape index (κ2) is 10.4.